The molecule has 2 fully saturated rings. The number of nitrogens with one attached hydrogen (secondary N) is 1. The molecule has 1 saturated heterocycles. The molecule has 0 bridgehead atoms. The maximum atomic E-state index is 10.4. The van der Waals surface area contributed by atoms with Gasteiger partial charge in [0.1, 0.15) is 5.82 Å². The van der Waals surface area contributed by atoms with Gasteiger partial charge in [0.25, 0.3) is 0 Å². The van der Waals surface area contributed by atoms with Gasteiger partial charge in [0.2, 0.25) is 0 Å². The largest absolute Gasteiger partial charge is 0.463 e. The fourth-order valence-electron chi connectivity index (χ4n) is 3.60. The zero-order chi connectivity index (χ0) is 16.8. The van der Waals surface area contributed by atoms with Gasteiger partial charge in [-0.2, -0.15) is 9.97 Å². The fraction of sp³-hybridized carbons (Fsp3) is 0.765. The van der Waals surface area contributed by atoms with Gasteiger partial charge in [-0.1, -0.05) is 0 Å². The number of ether oxygens (including phenoxy) is 1. The van der Waals surface area contributed by atoms with Gasteiger partial charge in [-0.3, -0.25) is 0 Å². The lowest BCUT2D eigenvalue weighted by molar-refractivity contribution is 0.0446. The molecule has 132 valence electrons. The van der Waals surface area contributed by atoms with Crippen LogP contribution in [0.5, 0.6) is 6.01 Å². The van der Waals surface area contributed by atoms with Gasteiger partial charge in [-0.05, 0) is 32.6 Å². The topological polar surface area (TPSA) is 90.7 Å². The molecular weight excluding hydrogens is 308 g/mol. The molecule has 1 aromatic heterocycles. The van der Waals surface area contributed by atoms with Crippen LogP contribution in [0.4, 0.5) is 5.82 Å². The van der Waals surface area contributed by atoms with Gasteiger partial charge < -0.3 is 25.2 Å². The van der Waals surface area contributed by atoms with E-state index in [0.717, 1.165) is 62.4 Å². The molecule has 1 aliphatic carbocycles. The Bertz CT molecular complexity index is 631. The van der Waals surface area contributed by atoms with E-state index in [1.807, 2.05) is 6.92 Å². The molecule has 1 aromatic rings. The number of aromatic nitrogens is 2. The molecule has 7 nitrogen and oxygen atoms in total. The van der Waals surface area contributed by atoms with Crippen LogP contribution in [-0.4, -0.2) is 52.1 Å². The summed E-state index contributed by atoms with van der Waals surface area (Å²) in [5.41, 5.74) is 1.32. The van der Waals surface area contributed by atoms with Gasteiger partial charge in [0.15, 0.2) is 0 Å². The van der Waals surface area contributed by atoms with Gasteiger partial charge in [0, 0.05) is 37.2 Å². The Morgan fingerprint density at radius 3 is 2.79 bits per heavy atom. The first kappa shape index (κ1) is 16.1. The first-order valence-corrected chi connectivity index (χ1v) is 8.82. The van der Waals surface area contributed by atoms with Gasteiger partial charge in [-0.15, -0.1) is 0 Å². The second-order valence-corrected chi connectivity index (χ2v) is 7.83. The summed E-state index contributed by atoms with van der Waals surface area (Å²) in [5.74, 6) is 0.883. The van der Waals surface area contributed by atoms with Crippen LogP contribution in [0.25, 0.3) is 0 Å². The smallest absolute Gasteiger partial charge is 0.318 e. The number of nitrogens with zero attached hydrogens (tertiary/aromatic N) is 3. The number of aliphatic hydroxyl groups is 2. The lowest BCUT2D eigenvalue weighted by atomic mass is 9.95. The molecule has 1 atom stereocenters. The number of piperidine rings is 1. The van der Waals surface area contributed by atoms with Crippen molar-refractivity contribution in [3.63, 3.8) is 0 Å². The Labute approximate surface area is 142 Å². The summed E-state index contributed by atoms with van der Waals surface area (Å²) >= 11 is 0. The van der Waals surface area contributed by atoms with Crippen molar-refractivity contribution in [1.82, 2.24) is 15.3 Å². The predicted molar refractivity (Wildman–Crippen MR) is 88.9 cm³/mol. The second kappa shape index (κ2) is 5.82. The minimum absolute atomic E-state index is 0.0877. The molecule has 3 N–H and O–H groups in total. The highest BCUT2D eigenvalue weighted by molar-refractivity contribution is 5.52. The third kappa shape index (κ3) is 3.08. The van der Waals surface area contributed by atoms with E-state index in [0.29, 0.717) is 19.2 Å². The van der Waals surface area contributed by atoms with E-state index in [9.17, 15) is 10.2 Å². The predicted octanol–water partition coefficient (Wildman–Crippen LogP) is 0.582. The molecular formula is C17H26N4O3. The number of hydrogen-bond donors (Lipinski definition) is 3. The van der Waals surface area contributed by atoms with Gasteiger partial charge >= 0.3 is 6.01 Å². The molecule has 2 aliphatic heterocycles. The summed E-state index contributed by atoms with van der Waals surface area (Å²) in [6, 6.07) is 0.386. The molecule has 3 aliphatic rings. The Morgan fingerprint density at radius 2 is 2.08 bits per heavy atom. The fourth-order valence-corrected chi connectivity index (χ4v) is 3.60. The normalized spacial score (nSPS) is 27.9. The van der Waals surface area contributed by atoms with Crippen LogP contribution >= 0.6 is 0 Å². The molecule has 3 heterocycles. The highest BCUT2D eigenvalue weighted by atomic mass is 16.5. The highest BCUT2D eigenvalue weighted by Crippen LogP contribution is 2.45. The van der Waals surface area contributed by atoms with Crippen molar-refractivity contribution < 1.29 is 14.9 Å². The molecule has 0 amide bonds. The molecule has 0 spiro atoms. The third-order valence-electron chi connectivity index (χ3n) is 5.42. The minimum atomic E-state index is -0.682. The minimum Gasteiger partial charge on any atom is -0.463 e. The molecule has 0 unspecified atom stereocenters. The standard InChI is InChI=1S/C17H26N4O3/c1-16(23)3-2-6-21(9-16)14-12-7-18-8-13(12)19-15(20-14)24-11-17(10-22)4-5-17/h18,22-23H,2-11H2,1H3/t16-/m1/s1. The third-order valence-corrected chi connectivity index (χ3v) is 5.42. The molecule has 0 radical (unpaired) electrons. The van der Waals surface area contributed by atoms with Crippen LogP contribution in [-0.2, 0) is 13.1 Å². The van der Waals surface area contributed by atoms with Crippen LogP contribution in [0, 0.1) is 5.41 Å². The maximum absolute atomic E-state index is 10.4. The summed E-state index contributed by atoms with van der Waals surface area (Å²) in [5, 5.41) is 23.2. The van der Waals surface area contributed by atoms with Crippen molar-refractivity contribution in [2.24, 2.45) is 5.41 Å². The van der Waals surface area contributed by atoms with Crippen LogP contribution in [0.1, 0.15) is 43.9 Å². The summed E-state index contributed by atoms with van der Waals surface area (Å²) in [6.45, 7) is 5.44. The zero-order valence-corrected chi connectivity index (χ0v) is 14.2. The van der Waals surface area contributed by atoms with E-state index >= 15 is 0 Å². The van der Waals surface area contributed by atoms with E-state index in [1.54, 1.807) is 0 Å². The van der Waals surface area contributed by atoms with Crippen LogP contribution in [0.2, 0.25) is 0 Å². The first-order chi connectivity index (χ1) is 11.5. The number of fused-ring (bicyclic) bond motifs is 1. The van der Waals surface area contributed by atoms with Gasteiger partial charge in [0.05, 0.1) is 24.5 Å². The van der Waals surface area contributed by atoms with E-state index in [2.05, 4.69) is 20.2 Å². The Balaban J connectivity index is 1.58. The summed E-state index contributed by atoms with van der Waals surface area (Å²) in [4.78, 5) is 11.4. The maximum Gasteiger partial charge on any atom is 0.318 e. The Kier molecular flexibility index (Phi) is 3.89. The monoisotopic (exact) mass is 334 g/mol. The molecule has 1 saturated carbocycles. The Morgan fingerprint density at radius 1 is 1.25 bits per heavy atom. The summed E-state index contributed by atoms with van der Waals surface area (Å²) < 4.78 is 5.83. The number of β-amino-alcohol motifs (C(OH)–C–C–N with tert-alkyl or cyclic N) is 1. The van der Waals surface area contributed by atoms with Crippen LogP contribution in [0.3, 0.4) is 0 Å². The number of anilines is 1. The lowest BCUT2D eigenvalue weighted by Gasteiger charge is -2.38. The van der Waals surface area contributed by atoms with Crippen molar-refractivity contribution in [2.45, 2.75) is 51.3 Å². The molecule has 4 rings (SSSR count). The van der Waals surface area contributed by atoms with Crippen molar-refractivity contribution in [3.8, 4) is 6.01 Å². The quantitative estimate of drug-likeness (QED) is 0.726. The SMILES string of the molecule is C[C@@]1(O)CCCN(c2nc(OCC3(CO)CC3)nc3c2CNC3)C1. The first-order valence-electron chi connectivity index (χ1n) is 8.82. The Hall–Kier alpha value is -1.44. The molecule has 24 heavy (non-hydrogen) atoms. The van der Waals surface area contributed by atoms with E-state index < -0.39 is 5.60 Å². The lowest BCUT2D eigenvalue weighted by Crippen LogP contribution is -2.46. The van der Waals surface area contributed by atoms with Gasteiger partial charge in [-0.25, -0.2) is 0 Å². The highest BCUT2D eigenvalue weighted by Gasteiger charge is 2.43. The molecule has 7 heteroatoms. The average Bonchev–Trinajstić information content (AvgIpc) is 3.19. The van der Waals surface area contributed by atoms with Crippen LogP contribution < -0.4 is 15.0 Å². The number of aliphatic hydroxyl groups excluding tert-OH is 1. The zero-order valence-electron chi connectivity index (χ0n) is 14.2. The van der Waals surface area contributed by atoms with Crippen molar-refractivity contribution in [2.75, 3.05) is 31.2 Å². The molecule has 0 aromatic carbocycles. The number of hydrogen-bond acceptors (Lipinski definition) is 7. The average molecular weight is 334 g/mol. The summed E-state index contributed by atoms with van der Waals surface area (Å²) in [7, 11) is 0. The second-order valence-electron chi connectivity index (χ2n) is 7.83. The van der Waals surface area contributed by atoms with E-state index in [-0.39, 0.29) is 12.0 Å². The van der Waals surface area contributed by atoms with Crippen molar-refractivity contribution in [1.29, 1.82) is 0 Å². The van der Waals surface area contributed by atoms with Crippen LogP contribution in [0.15, 0.2) is 0 Å². The number of rotatable bonds is 5. The van der Waals surface area contributed by atoms with Crippen molar-refractivity contribution >= 4 is 5.82 Å². The van der Waals surface area contributed by atoms with E-state index in [1.165, 1.54) is 0 Å². The summed E-state index contributed by atoms with van der Waals surface area (Å²) in [6.07, 6.45) is 3.76. The van der Waals surface area contributed by atoms with Crippen molar-refractivity contribution in [3.05, 3.63) is 11.3 Å². The van der Waals surface area contributed by atoms with E-state index in [4.69, 9.17) is 4.74 Å².